The van der Waals surface area contributed by atoms with Crippen LogP contribution in [0.1, 0.15) is 74.6 Å². The number of hydrogen-bond acceptors (Lipinski definition) is 9. The Balaban J connectivity index is 1.41. The van der Waals surface area contributed by atoms with Crippen molar-refractivity contribution in [1.29, 1.82) is 5.26 Å². The number of fused-ring (bicyclic) bond motifs is 1. The van der Waals surface area contributed by atoms with E-state index in [1.54, 1.807) is 20.8 Å². The fourth-order valence-electron chi connectivity index (χ4n) is 4.78. The molecule has 1 amide bonds. The van der Waals surface area contributed by atoms with Crippen LogP contribution in [-0.4, -0.2) is 59.3 Å². The zero-order valence-electron chi connectivity index (χ0n) is 23.0. The number of aromatic nitrogens is 6. The first-order chi connectivity index (χ1) is 18.5. The molecule has 0 N–H and O–H groups in total. The molecule has 39 heavy (non-hydrogen) atoms. The number of nitrogens with zero attached hydrogens (tertiary/aromatic N) is 8. The number of piperidine rings is 1. The number of nitriles is 1. The summed E-state index contributed by atoms with van der Waals surface area (Å²) in [6.07, 6.45) is 4.29. The number of rotatable bonds is 5. The van der Waals surface area contributed by atoms with Crippen molar-refractivity contribution < 1.29 is 14.3 Å². The van der Waals surface area contributed by atoms with E-state index >= 15 is 0 Å². The van der Waals surface area contributed by atoms with Crippen LogP contribution in [-0.2, 0) is 4.74 Å². The van der Waals surface area contributed by atoms with Crippen molar-refractivity contribution in [2.24, 2.45) is 0 Å². The molecule has 1 atom stereocenters. The molecule has 1 aliphatic heterocycles. The van der Waals surface area contributed by atoms with E-state index in [9.17, 15) is 10.1 Å². The van der Waals surface area contributed by atoms with Crippen LogP contribution in [0.5, 0.6) is 5.75 Å². The summed E-state index contributed by atoms with van der Waals surface area (Å²) in [7, 11) is 0. The average molecular weight is 549 g/mol. The Morgan fingerprint density at radius 1 is 1.26 bits per heavy atom. The van der Waals surface area contributed by atoms with Gasteiger partial charge in [0, 0.05) is 30.2 Å². The predicted octanol–water partition coefficient (Wildman–Crippen LogP) is 5.25. The maximum absolute atomic E-state index is 12.5. The third-order valence-electron chi connectivity index (χ3n) is 6.72. The monoisotopic (exact) mass is 548 g/mol. The van der Waals surface area contributed by atoms with Gasteiger partial charge in [0.25, 0.3) is 0 Å². The van der Waals surface area contributed by atoms with Crippen LogP contribution >= 0.6 is 11.3 Å². The highest BCUT2D eigenvalue weighted by Crippen LogP contribution is 2.34. The van der Waals surface area contributed by atoms with E-state index < -0.39 is 5.60 Å². The van der Waals surface area contributed by atoms with E-state index in [4.69, 9.17) is 9.47 Å². The highest BCUT2D eigenvalue weighted by atomic mass is 32.1. The smallest absolute Gasteiger partial charge is 0.410 e. The van der Waals surface area contributed by atoms with E-state index in [1.807, 2.05) is 63.9 Å². The average Bonchev–Trinajstić information content (AvgIpc) is 3.61. The minimum atomic E-state index is -0.519. The van der Waals surface area contributed by atoms with E-state index in [0.29, 0.717) is 35.6 Å². The Kier molecular flexibility index (Phi) is 7.03. The fraction of sp³-hybridized carbons (Fsp3) is 0.481. The second-order valence-electron chi connectivity index (χ2n) is 10.8. The van der Waals surface area contributed by atoms with E-state index in [-0.39, 0.29) is 18.2 Å². The molecule has 0 saturated carbocycles. The van der Waals surface area contributed by atoms with Crippen LogP contribution < -0.4 is 4.74 Å². The lowest BCUT2D eigenvalue weighted by molar-refractivity contribution is 0.0184. The van der Waals surface area contributed by atoms with Crippen LogP contribution in [0.3, 0.4) is 0 Å². The molecule has 1 fully saturated rings. The highest BCUT2D eigenvalue weighted by Gasteiger charge is 2.29. The van der Waals surface area contributed by atoms with E-state index in [1.165, 1.54) is 6.20 Å². The molecule has 1 saturated heterocycles. The third-order valence-corrected chi connectivity index (χ3v) is 7.51. The molecular formula is C27H32N8O3S. The number of amides is 1. The first kappa shape index (κ1) is 26.6. The molecule has 4 aromatic rings. The van der Waals surface area contributed by atoms with Gasteiger partial charge in [-0.2, -0.15) is 10.4 Å². The van der Waals surface area contributed by atoms with Crippen molar-refractivity contribution in [1.82, 2.24) is 34.5 Å². The first-order valence-electron chi connectivity index (χ1n) is 12.9. The number of aryl methyl sites for hydroxylation is 1. The van der Waals surface area contributed by atoms with Crippen LogP contribution in [0.25, 0.3) is 16.8 Å². The minimum Gasteiger partial charge on any atom is -0.482 e. The minimum absolute atomic E-state index is 0.118. The Morgan fingerprint density at radius 3 is 2.64 bits per heavy atom. The molecule has 0 aliphatic carbocycles. The summed E-state index contributed by atoms with van der Waals surface area (Å²) in [5, 5.41) is 26.0. The molecule has 11 nitrogen and oxygen atoms in total. The number of hydrogen-bond donors (Lipinski definition) is 0. The zero-order chi connectivity index (χ0) is 27.9. The topological polar surface area (TPSA) is 123 Å². The van der Waals surface area contributed by atoms with Crippen LogP contribution in [0.2, 0.25) is 0 Å². The Hall–Kier alpha value is -3.98. The van der Waals surface area contributed by atoms with Gasteiger partial charge < -0.3 is 14.4 Å². The Labute approximate surface area is 231 Å². The maximum Gasteiger partial charge on any atom is 0.410 e. The van der Waals surface area contributed by atoms with Crippen LogP contribution in [0.15, 0.2) is 23.8 Å². The third kappa shape index (κ3) is 5.45. The SMILES string of the molecule is Cc1nc([C@@H](C)Oc2cc(-c3nnn(C4CCN(C(=O)OC(C)(C)C)CC4)c3C)cn3ncc(C#N)c23)cs1. The highest BCUT2D eigenvalue weighted by molar-refractivity contribution is 7.09. The molecule has 0 radical (unpaired) electrons. The second kappa shape index (κ2) is 10.3. The number of thiazole rings is 1. The molecule has 12 heteroatoms. The predicted molar refractivity (Wildman–Crippen MR) is 146 cm³/mol. The van der Waals surface area contributed by atoms with Crippen LogP contribution in [0.4, 0.5) is 4.79 Å². The first-order valence-corrected chi connectivity index (χ1v) is 13.8. The van der Waals surface area contributed by atoms with Gasteiger partial charge >= 0.3 is 6.09 Å². The molecule has 0 unspecified atom stereocenters. The van der Waals surface area contributed by atoms with Gasteiger partial charge in [0.1, 0.15) is 40.3 Å². The van der Waals surface area contributed by atoms with Gasteiger partial charge in [-0.15, -0.1) is 16.4 Å². The molecular weight excluding hydrogens is 516 g/mol. The maximum atomic E-state index is 12.5. The summed E-state index contributed by atoms with van der Waals surface area (Å²) >= 11 is 1.57. The Bertz CT molecular complexity index is 1550. The van der Waals surface area contributed by atoms with Crippen molar-refractivity contribution in [2.45, 2.75) is 72.1 Å². The zero-order valence-corrected chi connectivity index (χ0v) is 23.8. The molecule has 0 spiro atoms. The summed E-state index contributed by atoms with van der Waals surface area (Å²) in [5.74, 6) is 0.527. The van der Waals surface area contributed by atoms with Crippen LogP contribution in [0, 0.1) is 25.2 Å². The van der Waals surface area contributed by atoms with Gasteiger partial charge in [0.2, 0.25) is 0 Å². The summed E-state index contributed by atoms with van der Waals surface area (Å²) in [6, 6.07) is 4.21. The number of carbonyl (C=O) groups is 1. The number of ether oxygens (including phenoxy) is 2. The summed E-state index contributed by atoms with van der Waals surface area (Å²) < 4.78 is 15.5. The van der Waals surface area contributed by atoms with E-state index in [0.717, 1.165) is 34.8 Å². The van der Waals surface area contributed by atoms with Gasteiger partial charge in [0.05, 0.1) is 28.6 Å². The van der Waals surface area contributed by atoms with Gasteiger partial charge in [-0.25, -0.2) is 19.0 Å². The lowest BCUT2D eigenvalue weighted by Gasteiger charge is -2.33. The van der Waals surface area contributed by atoms with Crippen molar-refractivity contribution >= 4 is 22.9 Å². The van der Waals surface area contributed by atoms with E-state index in [2.05, 4.69) is 26.5 Å². The lowest BCUT2D eigenvalue weighted by Crippen LogP contribution is -2.42. The molecule has 5 rings (SSSR count). The largest absolute Gasteiger partial charge is 0.482 e. The van der Waals surface area contributed by atoms with Crippen molar-refractivity contribution in [3.63, 3.8) is 0 Å². The normalized spacial score (nSPS) is 15.4. The van der Waals surface area contributed by atoms with Crippen molar-refractivity contribution in [3.05, 3.63) is 45.8 Å². The molecule has 0 bridgehead atoms. The van der Waals surface area contributed by atoms with Gasteiger partial charge in [0.15, 0.2) is 0 Å². The second-order valence-corrected chi connectivity index (χ2v) is 11.8. The standard InChI is InChI=1S/C27H32N8O3S/c1-16-24(31-32-35(16)21-7-9-33(10-8-21)26(36)38-27(4,5)6)19-11-23(25-20(12-28)13-29-34(25)14-19)37-17(2)22-15-39-18(3)30-22/h11,13-15,17,21H,7-10H2,1-6H3/t17-/m1/s1. The van der Waals surface area contributed by atoms with Gasteiger partial charge in [-0.1, -0.05) is 5.21 Å². The number of carbonyl (C=O) groups excluding carboxylic acids is 1. The lowest BCUT2D eigenvalue weighted by atomic mass is 10.0. The molecule has 1 aliphatic rings. The van der Waals surface area contributed by atoms with Crippen molar-refractivity contribution in [3.8, 4) is 23.1 Å². The molecule has 0 aromatic carbocycles. The van der Waals surface area contributed by atoms with Gasteiger partial charge in [-0.05, 0) is 60.5 Å². The Morgan fingerprint density at radius 2 is 2.00 bits per heavy atom. The number of likely N-dealkylation sites (tertiary alicyclic amines) is 1. The van der Waals surface area contributed by atoms with Gasteiger partial charge in [-0.3, -0.25) is 0 Å². The molecule has 4 aromatic heterocycles. The van der Waals surface area contributed by atoms with Crippen molar-refractivity contribution in [2.75, 3.05) is 13.1 Å². The number of pyridine rings is 1. The molecule has 204 valence electrons. The molecule has 5 heterocycles. The summed E-state index contributed by atoms with van der Waals surface area (Å²) in [5.41, 5.74) is 3.74. The summed E-state index contributed by atoms with van der Waals surface area (Å²) in [4.78, 5) is 18.8. The quantitative estimate of drug-likeness (QED) is 0.331. The fourth-order valence-corrected chi connectivity index (χ4v) is 5.47. The summed E-state index contributed by atoms with van der Waals surface area (Å²) in [6.45, 7) is 12.7.